The minimum atomic E-state index is -1.27. The van der Waals surface area contributed by atoms with Crippen LogP contribution < -0.4 is 16.6 Å². The molecule has 33 heavy (non-hydrogen) atoms. The van der Waals surface area contributed by atoms with Crippen LogP contribution in [0.2, 0.25) is 0 Å². The molecule has 2 heterocycles. The standard InChI is InChI=1S/C22H24N4O6S/c23-22-25-19(30)15-11-14(33-20(15)26-22)4-2-1-3-12-5-7-13(8-6-12)18(29)24-16(21(31)32)9-10-17(27)28/h5-8,11,16H,1-4,9-10H2,(H,24,29)(H,27,28)(H,31,32)(H3,23,25,26,30)/t16-/m0/s1. The van der Waals surface area contributed by atoms with Gasteiger partial charge in [-0.3, -0.25) is 19.4 Å². The number of aryl methyl sites for hydroxylation is 2. The van der Waals surface area contributed by atoms with Crippen LogP contribution in [0.1, 0.15) is 46.5 Å². The van der Waals surface area contributed by atoms with Crippen LogP contribution in [0.5, 0.6) is 0 Å². The Morgan fingerprint density at radius 2 is 1.82 bits per heavy atom. The predicted molar refractivity (Wildman–Crippen MR) is 123 cm³/mol. The normalized spacial score (nSPS) is 11.9. The zero-order chi connectivity index (χ0) is 24.0. The molecule has 6 N–H and O–H groups in total. The first-order chi connectivity index (χ1) is 15.7. The van der Waals surface area contributed by atoms with Gasteiger partial charge >= 0.3 is 11.9 Å². The first-order valence-electron chi connectivity index (χ1n) is 10.4. The summed E-state index contributed by atoms with van der Waals surface area (Å²) in [5.74, 6) is -2.85. The minimum Gasteiger partial charge on any atom is -0.481 e. The number of carboxylic acid groups (broad SMARTS) is 2. The van der Waals surface area contributed by atoms with E-state index in [2.05, 4.69) is 15.3 Å². The highest BCUT2D eigenvalue weighted by atomic mass is 32.1. The number of aromatic amines is 1. The lowest BCUT2D eigenvalue weighted by molar-refractivity contribution is -0.140. The van der Waals surface area contributed by atoms with E-state index < -0.39 is 23.9 Å². The molecule has 174 valence electrons. The summed E-state index contributed by atoms with van der Waals surface area (Å²) in [5.41, 5.74) is 6.69. The van der Waals surface area contributed by atoms with Gasteiger partial charge in [0.15, 0.2) is 0 Å². The van der Waals surface area contributed by atoms with Crippen molar-refractivity contribution in [2.24, 2.45) is 0 Å². The molecule has 0 spiro atoms. The molecule has 0 fully saturated rings. The number of aromatic nitrogens is 2. The number of carbonyl (C=O) groups is 3. The molecule has 3 rings (SSSR count). The number of nitrogens with one attached hydrogen (secondary N) is 2. The molecule has 1 atom stereocenters. The average molecular weight is 473 g/mol. The SMILES string of the molecule is Nc1nc2sc(CCCCc3ccc(C(=O)N[C@@H](CCC(=O)O)C(=O)O)cc3)cc2c(=O)[nH]1. The summed E-state index contributed by atoms with van der Waals surface area (Å²) in [6.45, 7) is 0. The van der Waals surface area contributed by atoms with Crippen molar-refractivity contribution >= 4 is 45.3 Å². The summed E-state index contributed by atoms with van der Waals surface area (Å²) in [5, 5.41) is 20.8. The van der Waals surface area contributed by atoms with E-state index in [9.17, 15) is 19.2 Å². The minimum absolute atomic E-state index is 0.108. The van der Waals surface area contributed by atoms with Gasteiger partial charge in [0.2, 0.25) is 5.95 Å². The van der Waals surface area contributed by atoms with E-state index in [4.69, 9.17) is 15.9 Å². The molecule has 2 aromatic heterocycles. The second-order valence-electron chi connectivity index (χ2n) is 7.58. The van der Waals surface area contributed by atoms with Gasteiger partial charge in [-0.1, -0.05) is 12.1 Å². The van der Waals surface area contributed by atoms with Crippen molar-refractivity contribution in [2.45, 2.75) is 44.6 Å². The van der Waals surface area contributed by atoms with E-state index >= 15 is 0 Å². The lowest BCUT2D eigenvalue weighted by Gasteiger charge is -2.13. The van der Waals surface area contributed by atoms with Gasteiger partial charge in [0.25, 0.3) is 11.5 Å². The Bertz CT molecular complexity index is 1220. The second kappa shape index (κ2) is 10.7. The topological polar surface area (TPSA) is 175 Å². The quantitative estimate of drug-likeness (QED) is 0.264. The molecule has 3 aromatic rings. The van der Waals surface area contributed by atoms with Crippen molar-refractivity contribution in [3.63, 3.8) is 0 Å². The Kier molecular flexibility index (Phi) is 7.78. The molecule has 0 aliphatic heterocycles. The molecule has 1 amide bonds. The maximum atomic E-state index is 12.3. The number of carbonyl (C=O) groups excluding carboxylic acids is 1. The number of nitrogen functional groups attached to an aromatic ring is 1. The first-order valence-corrected chi connectivity index (χ1v) is 11.2. The van der Waals surface area contributed by atoms with Gasteiger partial charge in [0.05, 0.1) is 5.39 Å². The molecule has 10 nitrogen and oxygen atoms in total. The third-order valence-corrected chi connectivity index (χ3v) is 6.17. The largest absolute Gasteiger partial charge is 0.481 e. The number of anilines is 1. The van der Waals surface area contributed by atoms with Crippen molar-refractivity contribution in [1.82, 2.24) is 15.3 Å². The number of H-pyrrole nitrogens is 1. The molecule has 0 aliphatic carbocycles. The number of rotatable bonds is 11. The summed E-state index contributed by atoms with van der Waals surface area (Å²) in [6, 6.07) is 7.45. The van der Waals surface area contributed by atoms with Crippen molar-refractivity contribution in [3.05, 3.63) is 56.7 Å². The van der Waals surface area contributed by atoms with Crippen molar-refractivity contribution in [3.8, 4) is 0 Å². The number of hydrogen-bond acceptors (Lipinski definition) is 7. The van der Waals surface area contributed by atoms with Crippen LogP contribution in [0.3, 0.4) is 0 Å². The smallest absolute Gasteiger partial charge is 0.326 e. The van der Waals surface area contributed by atoms with E-state index in [1.165, 1.54) is 11.3 Å². The zero-order valence-corrected chi connectivity index (χ0v) is 18.5. The number of benzene rings is 1. The average Bonchev–Trinajstić information content (AvgIpc) is 3.17. The number of nitrogens with two attached hydrogens (primary N) is 1. The zero-order valence-electron chi connectivity index (χ0n) is 17.7. The maximum absolute atomic E-state index is 12.3. The Morgan fingerprint density at radius 1 is 1.12 bits per heavy atom. The molecule has 0 aliphatic rings. The third kappa shape index (κ3) is 6.62. The summed E-state index contributed by atoms with van der Waals surface area (Å²) in [4.78, 5) is 54.4. The molecule has 1 aromatic carbocycles. The Morgan fingerprint density at radius 3 is 2.48 bits per heavy atom. The molecular formula is C22H24N4O6S. The van der Waals surface area contributed by atoms with Crippen LogP contribution in [0, 0.1) is 0 Å². The summed E-state index contributed by atoms with van der Waals surface area (Å²) < 4.78 is 0. The van der Waals surface area contributed by atoms with E-state index in [1.807, 2.05) is 18.2 Å². The number of unbranched alkanes of at least 4 members (excludes halogenated alkanes) is 1. The van der Waals surface area contributed by atoms with Gasteiger partial charge in [-0.25, -0.2) is 9.78 Å². The second-order valence-corrected chi connectivity index (χ2v) is 8.70. The maximum Gasteiger partial charge on any atom is 0.326 e. The molecule has 0 unspecified atom stereocenters. The van der Waals surface area contributed by atoms with Crippen LogP contribution in [0.25, 0.3) is 10.2 Å². The van der Waals surface area contributed by atoms with Crippen molar-refractivity contribution in [1.29, 1.82) is 0 Å². The number of carboxylic acids is 2. The monoisotopic (exact) mass is 472 g/mol. The number of hydrogen-bond donors (Lipinski definition) is 5. The highest BCUT2D eigenvalue weighted by Crippen LogP contribution is 2.23. The Balaban J connectivity index is 1.48. The van der Waals surface area contributed by atoms with Crippen molar-refractivity contribution < 1.29 is 24.6 Å². The van der Waals surface area contributed by atoms with Crippen LogP contribution >= 0.6 is 11.3 Å². The summed E-state index contributed by atoms with van der Waals surface area (Å²) in [7, 11) is 0. The summed E-state index contributed by atoms with van der Waals surface area (Å²) >= 11 is 1.46. The van der Waals surface area contributed by atoms with E-state index in [0.29, 0.717) is 15.8 Å². The van der Waals surface area contributed by atoms with Gasteiger partial charge in [-0.2, -0.15) is 0 Å². The van der Waals surface area contributed by atoms with E-state index in [1.54, 1.807) is 12.1 Å². The van der Waals surface area contributed by atoms with Crippen molar-refractivity contribution in [2.75, 3.05) is 5.73 Å². The Labute approximate surface area is 192 Å². The van der Waals surface area contributed by atoms with Crippen LogP contribution in [-0.2, 0) is 22.4 Å². The fourth-order valence-corrected chi connectivity index (χ4v) is 4.42. The van der Waals surface area contributed by atoms with Gasteiger partial charge in [-0.15, -0.1) is 11.3 Å². The summed E-state index contributed by atoms with van der Waals surface area (Å²) in [6.07, 6.45) is 2.89. The third-order valence-electron chi connectivity index (χ3n) is 5.08. The van der Waals surface area contributed by atoms with Crippen LogP contribution in [-0.4, -0.2) is 44.1 Å². The molecule has 0 saturated carbocycles. The van der Waals surface area contributed by atoms with Crippen LogP contribution in [0.4, 0.5) is 5.95 Å². The lowest BCUT2D eigenvalue weighted by atomic mass is 10.0. The lowest BCUT2D eigenvalue weighted by Crippen LogP contribution is -2.41. The van der Waals surface area contributed by atoms with Gasteiger partial charge < -0.3 is 21.3 Å². The highest BCUT2D eigenvalue weighted by molar-refractivity contribution is 7.18. The molecule has 0 bridgehead atoms. The van der Waals surface area contributed by atoms with Crippen LogP contribution in [0.15, 0.2) is 35.1 Å². The van der Waals surface area contributed by atoms with Gasteiger partial charge in [-0.05, 0) is 55.9 Å². The fourth-order valence-electron chi connectivity index (χ4n) is 3.34. The predicted octanol–water partition coefficient (Wildman–Crippen LogP) is 2.18. The number of amides is 1. The first kappa shape index (κ1) is 23.9. The number of nitrogens with zero attached hydrogens (tertiary/aromatic N) is 1. The molecule has 0 radical (unpaired) electrons. The van der Waals surface area contributed by atoms with Gasteiger partial charge in [0, 0.05) is 16.9 Å². The van der Waals surface area contributed by atoms with E-state index in [-0.39, 0.29) is 24.3 Å². The number of aliphatic carboxylic acids is 2. The number of thiophene rings is 1. The molecular weight excluding hydrogens is 448 g/mol. The highest BCUT2D eigenvalue weighted by Gasteiger charge is 2.21. The van der Waals surface area contributed by atoms with Gasteiger partial charge in [0.1, 0.15) is 10.9 Å². The number of fused-ring (bicyclic) bond motifs is 1. The Hall–Kier alpha value is -3.73. The molecule has 0 saturated heterocycles. The fraction of sp³-hybridized carbons (Fsp3) is 0.318. The molecule has 11 heteroatoms. The van der Waals surface area contributed by atoms with E-state index in [0.717, 1.165) is 36.1 Å².